The lowest BCUT2D eigenvalue weighted by Gasteiger charge is -2.29. The van der Waals surface area contributed by atoms with Crippen LogP contribution in [0.5, 0.6) is 0 Å². The Balaban J connectivity index is 2.87. The van der Waals surface area contributed by atoms with Crippen LogP contribution in [0.15, 0.2) is 16.3 Å². The van der Waals surface area contributed by atoms with Gasteiger partial charge < -0.3 is 5.73 Å². The van der Waals surface area contributed by atoms with Gasteiger partial charge in [-0.05, 0) is 31.2 Å². The molecule has 0 saturated carbocycles. The molecule has 1 rings (SSSR count). The van der Waals surface area contributed by atoms with E-state index in [-0.39, 0.29) is 13.9 Å². The molecule has 0 atom stereocenters. The molecule has 0 saturated heterocycles. The summed E-state index contributed by atoms with van der Waals surface area (Å²) >= 11 is 7.64. The monoisotopic (exact) mass is 352 g/mol. The number of rotatable bonds is 8. The maximum atomic E-state index is 12.3. The fourth-order valence-corrected chi connectivity index (χ4v) is 5.16. The molecule has 3 N–H and O–H groups in total. The highest BCUT2D eigenvalue weighted by Gasteiger charge is 2.28. The molecular formula is C12H20N2O2S4. The van der Waals surface area contributed by atoms with Crippen molar-refractivity contribution in [3.05, 3.63) is 17.0 Å². The van der Waals surface area contributed by atoms with Gasteiger partial charge in [0, 0.05) is 11.3 Å². The highest BCUT2D eigenvalue weighted by atomic mass is 32.2. The maximum absolute atomic E-state index is 12.3. The molecule has 1 aromatic heterocycles. The summed E-state index contributed by atoms with van der Waals surface area (Å²) < 4.78 is 27.4. The molecule has 1 heterocycles. The van der Waals surface area contributed by atoms with Crippen molar-refractivity contribution in [2.24, 2.45) is 5.73 Å². The van der Waals surface area contributed by atoms with Crippen molar-refractivity contribution < 1.29 is 8.42 Å². The number of thioether (sulfide) groups is 1. The largest absolute Gasteiger partial charge is 0.389 e. The summed E-state index contributed by atoms with van der Waals surface area (Å²) in [4.78, 5) is 0.833. The molecule has 1 aromatic rings. The van der Waals surface area contributed by atoms with E-state index >= 15 is 0 Å². The Bertz CT molecular complexity index is 554. The highest BCUT2D eigenvalue weighted by molar-refractivity contribution is 8.00. The second-order valence-corrected chi connectivity index (χ2v) is 9.19. The molecule has 0 fully saturated rings. The maximum Gasteiger partial charge on any atom is 0.250 e. The van der Waals surface area contributed by atoms with Gasteiger partial charge >= 0.3 is 0 Å². The van der Waals surface area contributed by atoms with Crippen molar-refractivity contribution in [3.8, 4) is 0 Å². The number of nitrogens with one attached hydrogen (secondary N) is 1. The fourth-order valence-electron chi connectivity index (χ4n) is 1.76. The van der Waals surface area contributed by atoms with Crippen molar-refractivity contribution in [1.29, 1.82) is 0 Å². The molecule has 0 amide bonds. The van der Waals surface area contributed by atoms with Crippen LogP contribution in [0.2, 0.25) is 0 Å². The summed E-state index contributed by atoms with van der Waals surface area (Å²) in [5.74, 6) is 0. The van der Waals surface area contributed by atoms with Crippen LogP contribution in [0, 0.1) is 0 Å². The molecule has 0 radical (unpaired) electrons. The predicted molar refractivity (Wildman–Crippen MR) is 92.2 cm³/mol. The Hall–Kier alpha value is -0.150. The lowest BCUT2D eigenvalue weighted by atomic mass is 10.0. The molecule has 0 spiro atoms. The summed E-state index contributed by atoms with van der Waals surface area (Å²) in [6.45, 7) is 4.57. The third-order valence-electron chi connectivity index (χ3n) is 3.40. The average molecular weight is 353 g/mol. The Morgan fingerprint density at radius 1 is 1.45 bits per heavy atom. The van der Waals surface area contributed by atoms with Gasteiger partial charge in [0.2, 0.25) is 10.0 Å². The number of thiocarbonyl (C=S) groups is 1. The normalized spacial score (nSPS) is 12.6. The molecular weight excluding hydrogens is 332 g/mol. The molecule has 0 aliphatic heterocycles. The SMILES string of the molecule is CCC(CC)(CNS(=O)(=O)c1ccc(C(N)=S)s1)SC. The second-order valence-electron chi connectivity index (χ2n) is 4.40. The Labute approximate surface area is 134 Å². The van der Waals surface area contributed by atoms with Crippen LogP contribution in [0.3, 0.4) is 0 Å². The van der Waals surface area contributed by atoms with E-state index in [2.05, 4.69) is 18.6 Å². The molecule has 20 heavy (non-hydrogen) atoms. The van der Waals surface area contributed by atoms with Gasteiger partial charge in [-0.1, -0.05) is 26.1 Å². The summed E-state index contributed by atoms with van der Waals surface area (Å²) in [5.41, 5.74) is 5.50. The Kier molecular flexibility index (Phi) is 6.46. The lowest BCUT2D eigenvalue weighted by Crippen LogP contribution is -2.39. The summed E-state index contributed by atoms with van der Waals surface area (Å²) in [6.07, 6.45) is 3.84. The highest BCUT2D eigenvalue weighted by Crippen LogP contribution is 2.30. The van der Waals surface area contributed by atoms with Crippen LogP contribution in [0.25, 0.3) is 0 Å². The van der Waals surface area contributed by atoms with Crippen LogP contribution in [0.4, 0.5) is 0 Å². The fraction of sp³-hybridized carbons (Fsp3) is 0.583. The molecule has 8 heteroatoms. The molecule has 0 bridgehead atoms. The van der Waals surface area contributed by atoms with Crippen molar-refractivity contribution in [2.75, 3.05) is 12.8 Å². The van der Waals surface area contributed by atoms with E-state index < -0.39 is 10.0 Å². The smallest absolute Gasteiger partial charge is 0.250 e. The zero-order chi connectivity index (χ0) is 15.4. The van der Waals surface area contributed by atoms with Crippen LogP contribution < -0.4 is 10.5 Å². The number of hydrogen-bond donors (Lipinski definition) is 2. The molecule has 4 nitrogen and oxygen atoms in total. The number of nitrogens with two attached hydrogens (primary N) is 1. The van der Waals surface area contributed by atoms with E-state index in [0.29, 0.717) is 11.4 Å². The molecule has 0 aromatic carbocycles. The zero-order valence-corrected chi connectivity index (χ0v) is 15.1. The average Bonchev–Trinajstić information content (AvgIpc) is 2.91. The molecule has 0 unspecified atom stereocenters. The lowest BCUT2D eigenvalue weighted by molar-refractivity contribution is 0.523. The molecule has 114 valence electrons. The Morgan fingerprint density at radius 3 is 2.45 bits per heavy atom. The summed E-state index contributed by atoms with van der Waals surface area (Å²) in [5, 5.41) is 0. The molecule has 0 aliphatic carbocycles. The van der Waals surface area contributed by atoms with Gasteiger partial charge in [0.05, 0.1) is 4.88 Å². The first-order valence-electron chi connectivity index (χ1n) is 6.24. The van der Waals surface area contributed by atoms with E-state index in [0.717, 1.165) is 24.2 Å². The van der Waals surface area contributed by atoms with Crippen molar-refractivity contribution >= 4 is 50.3 Å². The van der Waals surface area contributed by atoms with Gasteiger partial charge in [-0.25, -0.2) is 13.1 Å². The minimum atomic E-state index is -3.50. The standard InChI is InChI=1S/C12H20N2O2S4/c1-4-12(5-2,18-3)8-14-20(15,16)10-7-6-9(19-10)11(13)17/h6-7,14H,4-5,8H2,1-3H3,(H2,13,17). The van der Waals surface area contributed by atoms with Crippen molar-refractivity contribution in [2.45, 2.75) is 35.6 Å². The van der Waals surface area contributed by atoms with E-state index in [1.54, 1.807) is 23.9 Å². The van der Waals surface area contributed by atoms with E-state index in [9.17, 15) is 8.42 Å². The third kappa shape index (κ3) is 4.17. The second kappa shape index (κ2) is 7.22. The first-order valence-corrected chi connectivity index (χ1v) is 10.2. The van der Waals surface area contributed by atoms with Gasteiger partial charge in [-0.3, -0.25) is 0 Å². The number of sulfonamides is 1. The van der Waals surface area contributed by atoms with E-state index in [1.807, 2.05) is 6.26 Å². The van der Waals surface area contributed by atoms with Crippen molar-refractivity contribution in [3.63, 3.8) is 0 Å². The van der Waals surface area contributed by atoms with Gasteiger partial charge in [-0.2, -0.15) is 11.8 Å². The van der Waals surface area contributed by atoms with Gasteiger partial charge in [0.15, 0.2) is 0 Å². The van der Waals surface area contributed by atoms with Gasteiger partial charge in [0.1, 0.15) is 9.20 Å². The number of hydrogen-bond acceptors (Lipinski definition) is 5. The van der Waals surface area contributed by atoms with Gasteiger partial charge in [-0.15, -0.1) is 11.3 Å². The van der Waals surface area contributed by atoms with E-state index in [4.69, 9.17) is 18.0 Å². The third-order valence-corrected chi connectivity index (χ3v) is 8.34. The van der Waals surface area contributed by atoms with Crippen molar-refractivity contribution in [1.82, 2.24) is 4.72 Å². The first kappa shape index (κ1) is 17.9. The first-order chi connectivity index (χ1) is 9.30. The van der Waals surface area contributed by atoms with Crippen LogP contribution in [0.1, 0.15) is 31.6 Å². The summed E-state index contributed by atoms with van der Waals surface area (Å²) in [7, 11) is -3.50. The topological polar surface area (TPSA) is 72.2 Å². The quantitative estimate of drug-likeness (QED) is 0.704. The number of thiophene rings is 1. The minimum absolute atomic E-state index is 0.0592. The van der Waals surface area contributed by atoms with Crippen LogP contribution in [-0.4, -0.2) is 31.0 Å². The van der Waals surface area contributed by atoms with Crippen LogP contribution in [-0.2, 0) is 10.0 Å². The minimum Gasteiger partial charge on any atom is -0.389 e. The van der Waals surface area contributed by atoms with Crippen LogP contribution >= 0.6 is 35.3 Å². The summed E-state index contributed by atoms with van der Waals surface area (Å²) in [6, 6.07) is 3.18. The molecule has 0 aliphatic rings. The van der Waals surface area contributed by atoms with Gasteiger partial charge in [0.25, 0.3) is 0 Å². The zero-order valence-electron chi connectivity index (χ0n) is 11.8. The Morgan fingerprint density at radius 2 is 2.05 bits per heavy atom. The van der Waals surface area contributed by atoms with E-state index in [1.165, 1.54) is 0 Å². The predicted octanol–water partition coefficient (Wildman–Crippen LogP) is 2.58.